The van der Waals surface area contributed by atoms with Crippen LogP contribution in [-0.2, 0) is 0 Å². The molecular weight excluding hydrogens is 324 g/mol. The molecule has 2 bridgehead atoms. The zero-order valence-corrected chi connectivity index (χ0v) is 13.0. The van der Waals surface area contributed by atoms with Crippen molar-refractivity contribution in [3.05, 3.63) is 22.1 Å². The molecule has 2 aromatic rings. The first-order chi connectivity index (χ1) is 9.29. The van der Waals surface area contributed by atoms with E-state index >= 15 is 0 Å². The molecule has 5 heterocycles. The highest BCUT2D eigenvalue weighted by molar-refractivity contribution is 9.10. The molecule has 3 aliphatic rings. The average Bonchev–Trinajstić information content (AvgIpc) is 3.08. The largest absolute Gasteiger partial charge is 0.299 e. The van der Waals surface area contributed by atoms with Gasteiger partial charge in [0, 0.05) is 27.4 Å². The summed E-state index contributed by atoms with van der Waals surface area (Å²) in [6.45, 7) is 3.73. The predicted octanol–water partition coefficient (Wildman–Crippen LogP) is 2.45. The standard InChI is InChI=1S/C13H15BrN4S/c14-10-5-13(19-8-10)11-6-18(16-15-11)12-7-17-3-1-9(12)2-4-17/h5-6,8-9,12H,1-4,7H2/p+1. The van der Waals surface area contributed by atoms with E-state index in [1.54, 1.807) is 11.3 Å². The quantitative estimate of drug-likeness (QED) is 0.853. The van der Waals surface area contributed by atoms with Gasteiger partial charge in [-0.2, -0.15) is 4.68 Å². The van der Waals surface area contributed by atoms with Crippen molar-refractivity contribution < 1.29 is 4.68 Å². The fraction of sp³-hybridized carbons (Fsp3) is 0.538. The molecule has 4 nitrogen and oxygen atoms in total. The third-order valence-corrected chi connectivity index (χ3v) is 6.06. The van der Waals surface area contributed by atoms with Gasteiger partial charge in [-0.05, 0) is 47.9 Å². The predicted molar refractivity (Wildman–Crippen MR) is 78.0 cm³/mol. The summed E-state index contributed by atoms with van der Waals surface area (Å²) >= 11 is 5.22. The molecule has 3 saturated heterocycles. The van der Waals surface area contributed by atoms with Gasteiger partial charge < -0.3 is 0 Å². The summed E-state index contributed by atoms with van der Waals surface area (Å²) in [5.41, 5.74) is 1.05. The topological polar surface area (TPSA) is 35.8 Å². The van der Waals surface area contributed by atoms with Gasteiger partial charge in [0.15, 0.2) is 6.20 Å². The molecule has 1 unspecified atom stereocenters. The van der Waals surface area contributed by atoms with Crippen molar-refractivity contribution in [3.63, 3.8) is 0 Å². The van der Waals surface area contributed by atoms with Gasteiger partial charge in [0.05, 0.1) is 4.88 Å². The fourth-order valence-corrected chi connectivity index (χ4v) is 4.67. The number of nitrogens with one attached hydrogen (secondary N) is 1. The maximum Gasteiger partial charge on any atom is 0.258 e. The minimum Gasteiger partial charge on any atom is -0.299 e. The van der Waals surface area contributed by atoms with Crippen LogP contribution in [0.1, 0.15) is 18.9 Å². The number of hydrogen-bond acceptors (Lipinski definition) is 3. The zero-order chi connectivity index (χ0) is 12.8. The van der Waals surface area contributed by atoms with E-state index in [1.807, 2.05) is 0 Å². The number of aromatic nitrogens is 3. The number of thiophene rings is 1. The number of fused-ring (bicyclic) bond motifs is 3. The van der Waals surface area contributed by atoms with E-state index in [4.69, 9.17) is 0 Å². The van der Waals surface area contributed by atoms with Crippen LogP contribution in [0.25, 0.3) is 10.6 Å². The monoisotopic (exact) mass is 339 g/mol. The Balaban J connectivity index is 1.61. The Morgan fingerprint density at radius 2 is 2.26 bits per heavy atom. The molecule has 6 heteroatoms. The van der Waals surface area contributed by atoms with E-state index in [9.17, 15) is 0 Å². The van der Waals surface area contributed by atoms with Crippen LogP contribution in [0.5, 0.6) is 0 Å². The summed E-state index contributed by atoms with van der Waals surface area (Å²) in [4.78, 5) is 3.78. The molecule has 0 amide bonds. The first kappa shape index (κ1) is 12.1. The second-order valence-corrected chi connectivity index (χ2v) is 7.29. The molecule has 5 rings (SSSR count). The Labute approximate surface area is 124 Å². The molecule has 19 heavy (non-hydrogen) atoms. The molecular formula is C13H16BrN4S+. The second-order valence-electron chi connectivity index (χ2n) is 5.47. The number of nitrogens with zero attached hydrogens (tertiary/aromatic N) is 3. The molecule has 0 radical (unpaired) electrons. The van der Waals surface area contributed by atoms with Gasteiger partial charge in [0.2, 0.25) is 0 Å². The van der Waals surface area contributed by atoms with Crippen LogP contribution in [0.2, 0.25) is 0 Å². The van der Waals surface area contributed by atoms with Gasteiger partial charge in [-0.1, -0.05) is 5.21 Å². The van der Waals surface area contributed by atoms with E-state index in [2.05, 4.69) is 53.5 Å². The maximum absolute atomic E-state index is 4.47. The smallest absolute Gasteiger partial charge is 0.258 e. The minimum absolute atomic E-state index is 0.576. The Hall–Kier alpha value is -0.720. The summed E-state index contributed by atoms with van der Waals surface area (Å²) in [5, 5.41) is 9.77. The van der Waals surface area contributed by atoms with Crippen LogP contribution in [-0.4, -0.2) is 34.8 Å². The highest BCUT2D eigenvalue weighted by Crippen LogP contribution is 2.33. The summed E-state index contributed by atoms with van der Waals surface area (Å²) < 4.78 is 3.35. The van der Waals surface area contributed by atoms with Crippen molar-refractivity contribution in [2.45, 2.75) is 18.9 Å². The summed E-state index contributed by atoms with van der Waals surface area (Å²) in [6.07, 6.45) is 4.83. The third kappa shape index (κ3) is 2.15. The molecule has 3 aliphatic heterocycles. The minimum atomic E-state index is 0.576. The first-order valence-corrected chi connectivity index (χ1v) is 8.40. The van der Waals surface area contributed by atoms with Gasteiger partial charge in [0.25, 0.3) is 5.69 Å². The van der Waals surface area contributed by atoms with Gasteiger partial charge in [-0.25, -0.2) is 0 Å². The third-order valence-electron chi connectivity index (χ3n) is 4.35. The van der Waals surface area contributed by atoms with E-state index in [-0.39, 0.29) is 0 Å². The van der Waals surface area contributed by atoms with Crippen molar-refractivity contribution in [2.75, 3.05) is 19.6 Å². The van der Waals surface area contributed by atoms with Crippen molar-refractivity contribution in [1.29, 1.82) is 0 Å². The normalized spacial score (nSPS) is 29.8. The number of rotatable bonds is 2. The lowest BCUT2D eigenvalue weighted by molar-refractivity contribution is -0.786. The van der Waals surface area contributed by atoms with E-state index < -0.39 is 0 Å². The van der Waals surface area contributed by atoms with E-state index in [1.165, 1.54) is 37.4 Å². The highest BCUT2D eigenvalue weighted by atomic mass is 79.9. The Morgan fingerprint density at radius 3 is 2.89 bits per heavy atom. The average molecular weight is 340 g/mol. The van der Waals surface area contributed by atoms with Crippen molar-refractivity contribution in [1.82, 2.24) is 15.2 Å². The fourth-order valence-electron chi connectivity index (χ4n) is 3.29. The molecule has 1 atom stereocenters. The summed E-state index contributed by atoms with van der Waals surface area (Å²) in [6, 6.07) is 2.70. The Morgan fingerprint density at radius 1 is 1.42 bits per heavy atom. The lowest BCUT2D eigenvalue weighted by Crippen LogP contribution is -2.58. The van der Waals surface area contributed by atoms with Crippen molar-refractivity contribution >= 4 is 27.3 Å². The van der Waals surface area contributed by atoms with Crippen LogP contribution in [0.15, 0.2) is 22.1 Å². The van der Waals surface area contributed by atoms with Crippen LogP contribution < -0.4 is 4.68 Å². The molecule has 2 aromatic heterocycles. The van der Waals surface area contributed by atoms with Crippen LogP contribution in [0.3, 0.4) is 0 Å². The lowest BCUT2D eigenvalue weighted by Gasteiger charge is -2.42. The van der Waals surface area contributed by atoms with Crippen LogP contribution >= 0.6 is 27.3 Å². The van der Waals surface area contributed by atoms with Crippen LogP contribution in [0, 0.1) is 5.92 Å². The van der Waals surface area contributed by atoms with Crippen LogP contribution in [0.4, 0.5) is 0 Å². The Kier molecular flexibility index (Phi) is 2.97. The molecule has 100 valence electrons. The van der Waals surface area contributed by atoms with Gasteiger partial charge >= 0.3 is 0 Å². The molecule has 1 N–H and O–H groups in total. The molecule has 0 aromatic carbocycles. The van der Waals surface area contributed by atoms with E-state index in [0.29, 0.717) is 6.04 Å². The van der Waals surface area contributed by atoms with Crippen molar-refractivity contribution in [2.24, 2.45) is 5.92 Å². The SMILES string of the molecule is Brc1csc(-c2c[n+](C3CN4CCC3CC4)[nH]n2)c1. The molecule has 0 spiro atoms. The lowest BCUT2D eigenvalue weighted by atomic mass is 9.84. The Bertz CT molecular complexity index is 585. The molecule has 0 saturated carbocycles. The second kappa shape index (κ2) is 4.68. The van der Waals surface area contributed by atoms with Gasteiger partial charge in [-0.15, -0.1) is 11.3 Å². The number of H-pyrrole nitrogens is 1. The number of hydrogen-bond donors (Lipinski definition) is 1. The maximum atomic E-state index is 4.47. The van der Waals surface area contributed by atoms with Crippen molar-refractivity contribution in [3.8, 4) is 10.6 Å². The molecule has 3 fully saturated rings. The number of piperidine rings is 3. The van der Waals surface area contributed by atoms with Gasteiger partial charge in [-0.3, -0.25) is 4.90 Å². The number of aromatic amines is 1. The highest BCUT2D eigenvalue weighted by Gasteiger charge is 2.38. The zero-order valence-electron chi connectivity index (χ0n) is 10.6. The summed E-state index contributed by atoms with van der Waals surface area (Å²) in [7, 11) is 0. The number of halogens is 1. The van der Waals surface area contributed by atoms with Gasteiger partial charge in [0.1, 0.15) is 6.04 Å². The first-order valence-electron chi connectivity index (χ1n) is 6.73. The molecule has 0 aliphatic carbocycles. The summed E-state index contributed by atoms with van der Waals surface area (Å²) in [5.74, 6) is 0.818. The van der Waals surface area contributed by atoms with E-state index in [0.717, 1.165) is 16.1 Å².